The second-order valence-corrected chi connectivity index (χ2v) is 6.14. The van der Waals surface area contributed by atoms with Crippen molar-refractivity contribution in [3.63, 3.8) is 0 Å². The summed E-state index contributed by atoms with van der Waals surface area (Å²) in [5.41, 5.74) is -0.645. The van der Waals surface area contributed by atoms with Gasteiger partial charge in [-0.2, -0.15) is 17.5 Å². The van der Waals surface area contributed by atoms with Crippen LogP contribution in [0.1, 0.15) is 28.8 Å². The third kappa shape index (κ3) is 3.56. The van der Waals surface area contributed by atoms with Crippen LogP contribution in [0.5, 0.6) is 0 Å². The fourth-order valence-electron chi connectivity index (χ4n) is 1.92. The summed E-state index contributed by atoms with van der Waals surface area (Å²) in [4.78, 5) is 10.4. The van der Waals surface area contributed by atoms with E-state index >= 15 is 0 Å². The lowest BCUT2D eigenvalue weighted by molar-refractivity contribution is -0.135. The summed E-state index contributed by atoms with van der Waals surface area (Å²) in [6, 6.07) is 0. The van der Waals surface area contributed by atoms with Gasteiger partial charge in [0, 0.05) is 6.54 Å². The van der Waals surface area contributed by atoms with E-state index in [1.54, 1.807) is 0 Å². The lowest BCUT2D eigenvalue weighted by atomic mass is 10.2. The predicted octanol–water partition coefficient (Wildman–Crippen LogP) is 2.17. The lowest BCUT2D eigenvalue weighted by Crippen LogP contribution is -2.39. The molecule has 0 aliphatic carbocycles. The van der Waals surface area contributed by atoms with Crippen molar-refractivity contribution >= 4 is 16.0 Å². The molecule has 0 spiro atoms. The Labute approximate surface area is 119 Å². The topological polar surface area (TPSA) is 87.8 Å². The van der Waals surface area contributed by atoms with Crippen molar-refractivity contribution in [2.45, 2.75) is 31.8 Å². The van der Waals surface area contributed by atoms with Crippen LogP contribution in [0.3, 0.4) is 0 Å². The predicted molar refractivity (Wildman–Crippen MR) is 65.6 cm³/mol. The van der Waals surface area contributed by atoms with Crippen LogP contribution in [0.4, 0.5) is 13.2 Å². The molecular weight excluding hydrogens is 315 g/mol. The Kier molecular flexibility index (Phi) is 4.73. The number of sulfonamides is 1. The van der Waals surface area contributed by atoms with Gasteiger partial charge in [-0.15, -0.1) is 0 Å². The Morgan fingerprint density at radius 2 is 1.81 bits per heavy atom. The van der Waals surface area contributed by atoms with Gasteiger partial charge >= 0.3 is 12.1 Å². The van der Waals surface area contributed by atoms with Crippen molar-refractivity contribution < 1.29 is 35.9 Å². The Bertz CT molecular complexity index is 648. The number of carbonyl (C=O) groups is 1. The molecule has 0 aromatic carbocycles. The maximum atomic E-state index is 12.5. The molecule has 0 radical (unpaired) electrons. The van der Waals surface area contributed by atoms with Gasteiger partial charge in [0.2, 0.25) is 10.0 Å². The number of hydrogen-bond donors (Lipinski definition) is 1. The number of nitrogens with zero attached hydrogens (tertiary/aromatic N) is 1. The summed E-state index contributed by atoms with van der Waals surface area (Å²) >= 11 is 0. The number of aryl methyl sites for hydroxylation is 2. The van der Waals surface area contributed by atoms with E-state index in [0.717, 1.165) is 0 Å². The van der Waals surface area contributed by atoms with E-state index in [-0.39, 0.29) is 15.8 Å². The molecule has 0 saturated carbocycles. The van der Waals surface area contributed by atoms with Gasteiger partial charge in [-0.3, -0.25) is 0 Å². The van der Waals surface area contributed by atoms with E-state index in [4.69, 9.17) is 9.52 Å². The first-order chi connectivity index (χ1) is 9.41. The minimum Gasteiger partial charge on any atom is -0.478 e. The van der Waals surface area contributed by atoms with Gasteiger partial charge in [0.25, 0.3) is 0 Å². The highest BCUT2D eigenvalue weighted by Crippen LogP contribution is 2.30. The number of furan rings is 1. The second-order valence-electron chi connectivity index (χ2n) is 4.27. The number of hydrogen-bond acceptors (Lipinski definition) is 4. The average Bonchev–Trinajstić information content (AvgIpc) is 2.60. The zero-order valence-electron chi connectivity index (χ0n) is 11.5. The van der Waals surface area contributed by atoms with E-state index in [2.05, 4.69) is 0 Å². The van der Waals surface area contributed by atoms with E-state index in [9.17, 15) is 26.4 Å². The first-order valence-corrected chi connectivity index (χ1v) is 7.26. The van der Waals surface area contributed by atoms with Gasteiger partial charge in [0.05, 0.1) is 0 Å². The third-order valence-corrected chi connectivity index (χ3v) is 4.80. The highest BCUT2D eigenvalue weighted by Gasteiger charge is 2.40. The van der Waals surface area contributed by atoms with Crippen LogP contribution in [0.2, 0.25) is 0 Å². The van der Waals surface area contributed by atoms with Gasteiger partial charge in [0.1, 0.15) is 28.5 Å². The number of carboxylic acids is 1. The van der Waals surface area contributed by atoms with Gasteiger partial charge in [-0.05, 0) is 13.8 Å². The number of rotatable bonds is 5. The summed E-state index contributed by atoms with van der Waals surface area (Å²) in [5, 5.41) is 9.05. The van der Waals surface area contributed by atoms with E-state index in [0.29, 0.717) is 0 Å². The minimum absolute atomic E-state index is 0.163. The molecule has 6 nitrogen and oxygen atoms in total. The molecule has 1 N–H and O–H groups in total. The third-order valence-electron chi connectivity index (χ3n) is 2.73. The molecule has 1 rings (SSSR count). The Hall–Kier alpha value is -1.55. The van der Waals surface area contributed by atoms with E-state index in [1.807, 2.05) is 0 Å². The fraction of sp³-hybridized carbons (Fsp3) is 0.545. The monoisotopic (exact) mass is 329 g/mol. The smallest absolute Gasteiger partial charge is 0.402 e. The quantitative estimate of drug-likeness (QED) is 0.894. The molecule has 120 valence electrons. The van der Waals surface area contributed by atoms with Crippen LogP contribution in [0.25, 0.3) is 0 Å². The SMILES string of the molecule is CCN(CC(F)(F)F)S(=O)(=O)c1c(C)oc(C)c1C(=O)O. The maximum Gasteiger partial charge on any atom is 0.402 e. The molecular formula is C11H14F3NO5S. The molecule has 10 heteroatoms. The van der Waals surface area contributed by atoms with Crippen molar-refractivity contribution in [2.24, 2.45) is 0 Å². The summed E-state index contributed by atoms with van der Waals surface area (Å²) < 4.78 is 67.1. The highest BCUT2D eigenvalue weighted by atomic mass is 32.2. The van der Waals surface area contributed by atoms with Crippen LogP contribution >= 0.6 is 0 Å². The van der Waals surface area contributed by atoms with Gasteiger partial charge in [-0.25, -0.2) is 13.2 Å². The summed E-state index contributed by atoms with van der Waals surface area (Å²) in [6.07, 6.45) is -4.74. The molecule has 0 amide bonds. The van der Waals surface area contributed by atoms with Crippen LogP contribution < -0.4 is 0 Å². The number of aromatic carboxylic acids is 1. The van der Waals surface area contributed by atoms with E-state index in [1.165, 1.54) is 20.8 Å². The van der Waals surface area contributed by atoms with Gasteiger partial charge in [-0.1, -0.05) is 6.92 Å². The van der Waals surface area contributed by atoms with Gasteiger partial charge < -0.3 is 9.52 Å². The molecule has 1 heterocycles. The molecule has 0 saturated heterocycles. The first kappa shape index (κ1) is 17.5. The molecule has 0 fully saturated rings. The van der Waals surface area contributed by atoms with Crippen molar-refractivity contribution in [3.05, 3.63) is 17.1 Å². The number of carboxylic acid groups (broad SMARTS) is 1. The molecule has 0 aliphatic heterocycles. The molecule has 0 atom stereocenters. The van der Waals surface area contributed by atoms with Crippen LogP contribution in [-0.4, -0.2) is 43.1 Å². The van der Waals surface area contributed by atoms with Crippen LogP contribution in [-0.2, 0) is 10.0 Å². The summed E-state index contributed by atoms with van der Waals surface area (Å²) in [5.74, 6) is -2.02. The minimum atomic E-state index is -4.74. The Morgan fingerprint density at radius 1 is 1.29 bits per heavy atom. The molecule has 0 unspecified atom stereocenters. The molecule has 0 aliphatic rings. The normalized spacial score (nSPS) is 12.9. The largest absolute Gasteiger partial charge is 0.478 e. The summed E-state index contributed by atoms with van der Waals surface area (Å²) in [7, 11) is -4.63. The van der Waals surface area contributed by atoms with Crippen LogP contribution in [0.15, 0.2) is 9.31 Å². The van der Waals surface area contributed by atoms with Crippen molar-refractivity contribution in [1.82, 2.24) is 4.31 Å². The standard InChI is InChI=1S/C11H14F3NO5S/c1-4-15(5-11(12,13)14)21(18,19)9-7(3)20-6(2)8(9)10(16)17/h4-5H2,1-3H3,(H,16,17). The van der Waals surface area contributed by atoms with Gasteiger partial charge in [0.15, 0.2) is 0 Å². The lowest BCUT2D eigenvalue weighted by Gasteiger charge is -2.21. The second kappa shape index (κ2) is 5.68. The number of halogens is 3. The summed E-state index contributed by atoms with van der Waals surface area (Å²) in [6.45, 7) is 1.49. The molecule has 21 heavy (non-hydrogen) atoms. The number of alkyl halides is 3. The van der Waals surface area contributed by atoms with E-state index < -0.39 is 45.7 Å². The van der Waals surface area contributed by atoms with Crippen molar-refractivity contribution in [1.29, 1.82) is 0 Å². The van der Waals surface area contributed by atoms with Crippen LogP contribution in [0, 0.1) is 13.8 Å². The highest BCUT2D eigenvalue weighted by molar-refractivity contribution is 7.89. The van der Waals surface area contributed by atoms with Crippen molar-refractivity contribution in [3.8, 4) is 0 Å². The Morgan fingerprint density at radius 3 is 2.19 bits per heavy atom. The average molecular weight is 329 g/mol. The molecule has 1 aromatic heterocycles. The fourth-order valence-corrected chi connectivity index (χ4v) is 3.73. The zero-order valence-corrected chi connectivity index (χ0v) is 12.3. The molecule has 0 bridgehead atoms. The van der Waals surface area contributed by atoms with Crippen molar-refractivity contribution in [2.75, 3.05) is 13.1 Å². The zero-order chi connectivity index (χ0) is 16.6. The Balaban J connectivity index is 3.46. The molecule has 1 aromatic rings. The first-order valence-electron chi connectivity index (χ1n) is 5.82. The maximum absolute atomic E-state index is 12.5.